The lowest BCUT2D eigenvalue weighted by atomic mass is 10.1. The van der Waals surface area contributed by atoms with Gasteiger partial charge in [-0.1, -0.05) is 60.6 Å². The number of likely N-dealkylation sites (tertiary alicyclic amines) is 1. The van der Waals surface area contributed by atoms with Crippen molar-refractivity contribution >= 4 is 35.1 Å². The van der Waals surface area contributed by atoms with Crippen molar-refractivity contribution in [2.24, 2.45) is 0 Å². The molecular formula is C25H29N5OS2. The molecule has 172 valence electrons. The van der Waals surface area contributed by atoms with Gasteiger partial charge in [0.25, 0.3) is 0 Å². The SMILES string of the molecule is O=C(CSc1nnc(CN2CCCCC2)n1Cc1ccccc1)N1CCSc2ccccc21. The Morgan fingerprint density at radius 3 is 2.55 bits per heavy atom. The van der Waals surface area contributed by atoms with Crippen LogP contribution in [0.3, 0.4) is 0 Å². The van der Waals surface area contributed by atoms with E-state index in [1.54, 1.807) is 0 Å². The highest BCUT2D eigenvalue weighted by molar-refractivity contribution is 8.00. The molecule has 3 aromatic rings. The molecule has 6 nitrogen and oxygen atoms in total. The van der Waals surface area contributed by atoms with Gasteiger partial charge in [0, 0.05) is 17.2 Å². The van der Waals surface area contributed by atoms with Gasteiger partial charge in [-0.05, 0) is 43.6 Å². The van der Waals surface area contributed by atoms with Crippen LogP contribution in [-0.2, 0) is 17.9 Å². The van der Waals surface area contributed by atoms with Crippen molar-refractivity contribution in [3.8, 4) is 0 Å². The summed E-state index contributed by atoms with van der Waals surface area (Å²) in [5.41, 5.74) is 2.24. The van der Waals surface area contributed by atoms with Crippen LogP contribution in [0.5, 0.6) is 0 Å². The molecule has 1 aromatic heterocycles. The second-order valence-electron chi connectivity index (χ2n) is 8.46. The molecule has 8 heteroatoms. The van der Waals surface area contributed by atoms with Gasteiger partial charge in [-0.2, -0.15) is 0 Å². The first-order valence-corrected chi connectivity index (χ1v) is 13.6. The maximum absolute atomic E-state index is 13.2. The van der Waals surface area contributed by atoms with Crippen LogP contribution in [-0.4, -0.2) is 56.7 Å². The number of anilines is 1. The van der Waals surface area contributed by atoms with Gasteiger partial charge in [-0.3, -0.25) is 9.69 Å². The van der Waals surface area contributed by atoms with E-state index in [1.807, 2.05) is 40.9 Å². The maximum Gasteiger partial charge on any atom is 0.237 e. The summed E-state index contributed by atoms with van der Waals surface area (Å²) in [6.45, 7) is 4.51. The zero-order valence-corrected chi connectivity index (χ0v) is 20.4. The minimum atomic E-state index is 0.125. The average Bonchev–Trinajstić information content (AvgIpc) is 3.24. The molecule has 0 radical (unpaired) electrons. The molecule has 2 aliphatic rings. The van der Waals surface area contributed by atoms with Crippen molar-refractivity contribution in [2.75, 3.05) is 36.0 Å². The average molecular weight is 480 g/mol. The number of piperidine rings is 1. The van der Waals surface area contributed by atoms with Crippen LogP contribution in [0.15, 0.2) is 64.6 Å². The van der Waals surface area contributed by atoms with Crippen molar-refractivity contribution in [2.45, 2.75) is 42.4 Å². The predicted octanol–water partition coefficient (Wildman–Crippen LogP) is 4.54. The molecule has 1 saturated heterocycles. The van der Waals surface area contributed by atoms with Gasteiger partial charge >= 0.3 is 0 Å². The number of rotatable bonds is 7. The fourth-order valence-corrected chi connectivity index (χ4v) is 6.25. The second kappa shape index (κ2) is 10.8. The number of carbonyl (C=O) groups excluding carboxylic acids is 1. The van der Waals surface area contributed by atoms with E-state index in [4.69, 9.17) is 0 Å². The molecule has 0 spiro atoms. The van der Waals surface area contributed by atoms with E-state index in [2.05, 4.69) is 50.0 Å². The summed E-state index contributed by atoms with van der Waals surface area (Å²) in [7, 11) is 0. The number of hydrogen-bond donors (Lipinski definition) is 0. The van der Waals surface area contributed by atoms with Crippen molar-refractivity contribution in [3.05, 3.63) is 66.0 Å². The number of aromatic nitrogens is 3. The Bertz CT molecular complexity index is 1080. The van der Waals surface area contributed by atoms with E-state index in [-0.39, 0.29) is 5.91 Å². The van der Waals surface area contributed by atoms with E-state index in [0.29, 0.717) is 5.75 Å². The Hall–Kier alpha value is -2.29. The molecule has 0 unspecified atom stereocenters. The van der Waals surface area contributed by atoms with Gasteiger partial charge < -0.3 is 9.47 Å². The summed E-state index contributed by atoms with van der Waals surface area (Å²) in [5.74, 6) is 2.39. The number of fused-ring (bicyclic) bond motifs is 1. The number of hydrogen-bond acceptors (Lipinski definition) is 6. The molecule has 1 amide bonds. The third-order valence-electron chi connectivity index (χ3n) is 6.14. The summed E-state index contributed by atoms with van der Waals surface area (Å²) >= 11 is 3.31. The molecule has 3 heterocycles. The first kappa shape index (κ1) is 22.5. The first-order chi connectivity index (χ1) is 16.3. The van der Waals surface area contributed by atoms with Gasteiger partial charge in [0.2, 0.25) is 5.91 Å². The fourth-order valence-electron chi connectivity index (χ4n) is 4.42. The quantitative estimate of drug-likeness (QED) is 0.464. The van der Waals surface area contributed by atoms with E-state index in [1.165, 1.54) is 41.5 Å². The van der Waals surface area contributed by atoms with Gasteiger partial charge in [-0.15, -0.1) is 22.0 Å². The molecule has 0 N–H and O–H groups in total. The number of para-hydroxylation sites is 1. The maximum atomic E-state index is 13.2. The van der Waals surface area contributed by atoms with Crippen molar-refractivity contribution in [3.63, 3.8) is 0 Å². The van der Waals surface area contributed by atoms with Crippen molar-refractivity contribution < 1.29 is 4.79 Å². The van der Waals surface area contributed by atoms with Crippen LogP contribution in [0.1, 0.15) is 30.7 Å². The first-order valence-electron chi connectivity index (χ1n) is 11.6. The lowest BCUT2D eigenvalue weighted by Crippen LogP contribution is -2.36. The van der Waals surface area contributed by atoms with E-state index >= 15 is 0 Å². The number of benzene rings is 2. The normalized spacial score (nSPS) is 16.5. The van der Waals surface area contributed by atoms with Gasteiger partial charge in [0.1, 0.15) is 5.82 Å². The van der Waals surface area contributed by atoms with Crippen LogP contribution < -0.4 is 4.90 Å². The van der Waals surface area contributed by atoms with Crippen molar-refractivity contribution in [1.82, 2.24) is 19.7 Å². The summed E-state index contributed by atoms with van der Waals surface area (Å²) in [6, 6.07) is 18.6. The Balaban J connectivity index is 1.32. The van der Waals surface area contributed by atoms with E-state index in [0.717, 1.165) is 55.1 Å². The summed E-state index contributed by atoms with van der Waals surface area (Å²) < 4.78 is 2.20. The molecule has 0 saturated carbocycles. The fraction of sp³-hybridized carbons (Fsp3) is 0.400. The molecular weight excluding hydrogens is 450 g/mol. The number of carbonyl (C=O) groups is 1. The number of thioether (sulfide) groups is 2. The lowest BCUT2D eigenvalue weighted by Gasteiger charge is -2.28. The number of amides is 1. The highest BCUT2D eigenvalue weighted by Crippen LogP contribution is 2.35. The molecule has 1 fully saturated rings. The second-order valence-corrected chi connectivity index (χ2v) is 10.5. The Labute approximate surface area is 203 Å². The highest BCUT2D eigenvalue weighted by atomic mass is 32.2. The third kappa shape index (κ3) is 5.45. The minimum absolute atomic E-state index is 0.125. The smallest absolute Gasteiger partial charge is 0.237 e. The topological polar surface area (TPSA) is 54.3 Å². The molecule has 2 aliphatic heterocycles. The Morgan fingerprint density at radius 1 is 0.909 bits per heavy atom. The summed E-state index contributed by atoms with van der Waals surface area (Å²) in [4.78, 5) is 18.7. The molecule has 0 atom stereocenters. The van der Waals surface area contributed by atoms with Crippen LogP contribution in [0.25, 0.3) is 0 Å². The summed E-state index contributed by atoms with van der Waals surface area (Å²) in [5, 5.41) is 9.89. The molecule has 5 rings (SSSR count). The van der Waals surface area contributed by atoms with E-state index < -0.39 is 0 Å². The zero-order chi connectivity index (χ0) is 22.5. The Morgan fingerprint density at radius 2 is 1.70 bits per heavy atom. The van der Waals surface area contributed by atoms with E-state index in [9.17, 15) is 4.79 Å². The van der Waals surface area contributed by atoms with Gasteiger partial charge in [0.15, 0.2) is 5.16 Å². The number of nitrogens with zero attached hydrogens (tertiary/aromatic N) is 5. The predicted molar refractivity (Wildman–Crippen MR) is 135 cm³/mol. The minimum Gasteiger partial charge on any atom is -0.310 e. The van der Waals surface area contributed by atoms with Crippen molar-refractivity contribution in [1.29, 1.82) is 0 Å². The van der Waals surface area contributed by atoms with Gasteiger partial charge in [0.05, 0.1) is 24.5 Å². The van der Waals surface area contributed by atoms with Crippen LogP contribution in [0.2, 0.25) is 0 Å². The Kier molecular flexibility index (Phi) is 7.34. The lowest BCUT2D eigenvalue weighted by molar-refractivity contribution is -0.116. The third-order valence-corrected chi connectivity index (χ3v) is 8.14. The van der Waals surface area contributed by atoms with Gasteiger partial charge in [-0.25, -0.2) is 0 Å². The highest BCUT2D eigenvalue weighted by Gasteiger charge is 2.24. The molecule has 0 aliphatic carbocycles. The molecule has 0 bridgehead atoms. The van der Waals surface area contributed by atoms with Crippen LogP contribution in [0.4, 0.5) is 5.69 Å². The molecule has 2 aromatic carbocycles. The standard InChI is InChI=1S/C25H29N5OS2/c31-24(29-15-16-32-22-12-6-5-11-21(22)29)19-33-25-27-26-23(18-28-13-7-2-8-14-28)30(25)17-20-9-3-1-4-10-20/h1,3-6,9-12H,2,7-8,13-19H2. The summed E-state index contributed by atoms with van der Waals surface area (Å²) in [6.07, 6.45) is 3.81. The monoisotopic (exact) mass is 479 g/mol. The molecule has 33 heavy (non-hydrogen) atoms. The van der Waals surface area contributed by atoms with Crippen LogP contribution in [0, 0.1) is 0 Å². The zero-order valence-electron chi connectivity index (χ0n) is 18.7. The largest absolute Gasteiger partial charge is 0.310 e. The van der Waals surface area contributed by atoms with Crippen LogP contribution >= 0.6 is 23.5 Å².